The number of hydrogen-bond acceptors (Lipinski definition) is 4. The molecule has 5 heteroatoms. The molecule has 0 fully saturated rings. The smallest absolute Gasteiger partial charge is 0.320 e. The van der Waals surface area contributed by atoms with Gasteiger partial charge in [0.25, 0.3) is 0 Å². The van der Waals surface area contributed by atoms with Crippen LogP contribution in [0.4, 0.5) is 0 Å². The monoisotopic (exact) mass is 264 g/mol. The van der Waals surface area contributed by atoms with Crippen molar-refractivity contribution in [3.63, 3.8) is 0 Å². The molecule has 1 aromatic rings. The van der Waals surface area contributed by atoms with Crippen molar-refractivity contribution in [1.29, 1.82) is 0 Å². The summed E-state index contributed by atoms with van der Waals surface area (Å²) < 4.78 is 5.57. The van der Waals surface area contributed by atoms with Gasteiger partial charge in [0.1, 0.15) is 11.8 Å². The number of aliphatic carboxylic acids is 1. The van der Waals surface area contributed by atoms with E-state index >= 15 is 0 Å². The van der Waals surface area contributed by atoms with Crippen LogP contribution in [0.1, 0.15) is 30.0 Å². The van der Waals surface area contributed by atoms with Crippen LogP contribution in [-0.2, 0) is 11.2 Å². The number of rotatable bonds is 5. The normalized spacial score (nSPS) is 17.2. The lowest BCUT2D eigenvalue weighted by molar-refractivity contribution is -0.138. The van der Waals surface area contributed by atoms with Crippen LogP contribution in [0.15, 0.2) is 18.2 Å². The second-order valence-electron chi connectivity index (χ2n) is 4.84. The Morgan fingerprint density at radius 1 is 1.58 bits per heavy atom. The molecule has 0 spiro atoms. The molecule has 104 valence electrons. The van der Waals surface area contributed by atoms with E-state index in [2.05, 4.69) is 11.4 Å². The van der Waals surface area contributed by atoms with E-state index in [1.165, 1.54) is 5.56 Å². The fourth-order valence-electron chi connectivity index (χ4n) is 2.37. The van der Waals surface area contributed by atoms with Crippen molar-refractivity contribution >= 4 is 5.97 Å². The molecule has 4 N–H and O–H groups in total. The van der Waals surface area contributed by atoms with Gasteiger partial charge in [-0.1, -0.05) is 12.1 Å². The van der Waals surface area contributed by atoms with Crippen LogP contribution in [0.5, 0.6) is 5.75 Å². The molecule has 2 atom stereocenters. The van der Waals surface area contributed by atoms with E-state index in [-0.39, 0.29) is 6.04 Å². The highest BCUT2D eigenvalue weighted by molar-refractivity contribution is 5.73. The molecule has 0 bridgehead atoms. The van der Waals surface area contributed by atoms with Gasteiger partial charge >= 0.3 is 5.97 Å². The third-order valence-corrected chi connectivity index (χ3v) is 3.49. The van der Waals surface area contributed by atoms with Gasteiger partial charge in [-0.3, -0.25) is 4.79 Å². The first kappa shape index (κ1) is 13.8. The maximum Gasteiger partial charge on any atom is 0.320 e. The zero-order chi connectivity index (χ0) is 13.8. The van der Waals surface area contributed by atoms with E-state index in [4.69, 9.17) is 15.6 Å². The number of hydrogen-bond donors (Lipinski definition) is 3. The molecular formula is C14H20N2O3. The highest BCUT2D eigenvalue weighted by Gasteiger charge is 2.20. The number of carbonyl (C=O) groups is 1. The largest absolute Gasteiger partial charge is 0.493 e. The second kappa shape index (κ2) is 6.04. The van der Waals surface area contributed by atoms with E-state index in [0.29, 0.717) is 6.42 Å². The lowest BCUT2D eigenvalue weighted by atomic mass is 9.95. The zero-order valence-electron chi connectivity index (χ0n) is 11.1. The topological polar surface area (TPSA) is 84.6 Å². The minimum Gasteiger partial charge on any atom is -0.493 e. The highest BCUT2D eigenvalue weighted by Crippen LogP contribution is 2.29. The van der Waals surface area contributed by atoms with Gasteiger partial charge in [-0.2, -0.15) is 0 Å². The maximum atomic E-state index is 10.8. The van der Waals surface area contributed by atoms with Gasteiger partial charge in [0.2, 0.25) is 0 Å². The van der Waals surface area contributed by atoms with E-state index < -0.39 is 12.0 Å². The first-order valence-electron chi connectivity index (χ1n) is 6.53. The third kappa shape index (κ3) is 3.24. The van der Waals surface area contributed by atoms with Crippen molar-refractivity contribution in [1.82, 2.24) is 5.32 Å². The number of nitrogens with two attached hydrogens (primary N) is 1. The van der Waals surface area contributed by atoms with Gasteiger partial charge in [0.15, 0.2) is 0 Å². The maximum absolute atomic E-state index is 10.8. The van der Waals surface area contributed by atoms with Gasteiger partial charge in [-0.15, -0.1) is 0 Å². The van der Waals surface area contributed by atoms with Crippen LogP contribution in [0.3, 0.4) is 0 Å². The van der Waals surface area contributed by atoms with Crippen molar-refractivity contribution in [3.8, 4) is 5.75 Å². The molecule has 5 nitrogen and oxygen atoms in total. The molecule has 1 heterocycles. The first-order chi connectivity index (χ1) is 9.11. The summed E-state index contributed by atoms with van der Waals surface area (Å²) in [6.07, 6.45) is 2.39. The molecule has 1 aromatic carbocycles. The number of ether oxygens (including phenoxy) is 1. The summed E-state index contributed by atoms with van der Waals surface area (Å²) in [4.78, 5) is 10.8. The summed E-state index contributed by atoms with van der Waals surface area (Å²) >= 11 is 0. The number of aryl methyl sites for hydroxylation is 1. The van der Waals surface area contributed by atoms with Gasteiger partial charge < -0.3 is 20.9 Å². The van der Waals surface area contributed by atoms with Crippen molar-refractivity contribution < 1.29 is 14.6 Å². The van der Waals surface area contributed by atoms with Crippen LogP contribution < -0.4 is 15.8 Å². The second-order valence-corrected chi connectivity index (χ2v) is 4.84. The minimum absolute atomic E-state index is 0.0571. The average Bonchev–Trinajstić information content (AvgIpc) is 2.43. The summed E-state index contributed by atoms with van der Waals surface area (Å²) in [5, 5.41) is 12.0. The Labute approximate surface area is 112 Å². The minimum atomic E-state index is -0.971. The number of fused-ring (bicyclic) bond motifs is 1. The molecule has 0 radical (unpaired) electrons. The first-order valence-corrected chi connectivity index (χ1v) is 6.53. The molecule has 1 aliphatic rings. The van der Waals surface area contributed by atoms with Gasteiger partial charge in [0, 0.05) is 6.04 Å². The number of carboxylic acid groups (broad SMARTS) is 1. The predicted molar refractivity (Wildman–Crippen MR) is 72.3 cm³/mol. The Morgan fingerprint density at radius 2 is 2.37 bits per heavy atom. The molecule has 0 saturated carbocycles. The summed E-state index contributed by atoms with van der Waals surface area (Å²) in [5.41, 5.74) is 7.85. The van der Waals surface area contributed by atoms with Gasteiger partial charge in [0.05, 0.1) is 6.61 Å². The SMILES string of the molecule is CNC(CC(N)C(=O)O)c1ccc2c(c1)CCCO2. The summed E-state index contributed by atoms with van der Waals surface area (Å²) in [6, 6.07) is 5.10. The Kier molecular flexibility index (Phi) is 4.39. The Balaban J connectivity index is 2.16. The average molecular weight is 264 g/mol. The van der Waals surface area contributed by atoms with Crippen LogP contribution >= 0.6 is 0 Å². The van der Waals surface area contributed by atoms with Crippen molar-refractivity contribution in [3.05, 3.63) is 29.3 Å². The Hall–Kier alpha value is -1.59. The molecule has 1 aliphatic heterocycles. The lowest BCUT2D eigenvalue weighted by Gasteiger charge is -2.22. The fourth-order valence-corrected chi connectivity index (χ4v) is 2.37. The highest BCUT2D eigenvalue weighted by atomic mass is 16.5. The molecule has 0 aromatic heterocycles. The molecule has 2 unspecified atom stereocenters. The molecule has 19 heavy (non-hydrogen) atoms. The van der Waals surface area contributed by atoms with E-state index in [1.54, 1.807) is 0 Å². The fraction of sp³-hybridized carbons (Fsp3) is 0.500. The van der Waals surface area contributed by atoms with Crippen LogP contribution in [0, 0.1) is 0 Å². The summed E-state index contributed by atoms with van der Waals surface area (Å²) in [6.45, 7) is 0.770. The van der Waals surface area contributed by atoms with E-state index in [1.807, 2.05) is 19.2 Å². The van der Waals surface area contributed by atoms with Crippen molar-refractivity contribution in [2.75, 3.05) is 13.7 Å². The summed E-state index contributed by atoms with van der Waals surface area (Å²) in [5.74, 6) is -0.0334. The van der Waals surface area contributed by atoms with E-state index in [9.17, 15) is 4.79 Å². The quantitative estimate of drug-likeness (QED) is 0.741. The van der Waals surface area contributed by atoms with Crippen LogP contribution in [-0.4, -0.2) is 30.8 Å². The molecular weight excluding hydrogens is 244 g/mol. The lowest BCUT2D eigenvalue weighted by Crippen LogP contribution is -2.34. The molecule has 0 amide bonds. The van der Waals surface area contributed by atoms with Crippen molar-refractivity contribution in [2.45, 2.75) is 31.3 Å². The Morgan fingerprint density at radius 3 is 3.05 bits per heavy atom. The van der Waals surface area contributed by atoms with Crippen LogP contribution in [0.25, 0.3) is 0 Å². The molecule has 0 aliphatic carbocycles. The number of nitrogens with one attached hydrogen (secondary N) is 1. The van der Waals surface area contributed by atoms with Gasteiger partial charge in [-0.05, 0) is 43.5 Å². The van der Waals surface area contributed by atoms with Gasteiger partial charge in [-0.25, -0.2) is 0 Å². The zero-order valence-corrected chi connectivity index (χ0v) is 11.1. The van der Waals surface area contributed by atoms with Crippen molar-refractivity contribution in [2.24, 2.45) is 5.73 Å². The predicted octanol–water partition coefficient (Wildman–Crippen LogP) is 1.07. The Bertz CT molecular complexity index is 462. The summed E-state index contributed by atoms with van der Waals surface area (Å²) in [7, 11) is 1.81. The number of benzene rings is 1. The molecule has 0 saturated heterocycles. The molecule has 2 rings (SSSR count). The van der Waals surface area contributed by atoms with Crippen LogP contribution in [0.2, 0.25) is 0 Å². The third-order valence-electron chi connectivity index (χ3n) is 3.49. The standard InChI is InChI=1S/C14H20N2O3/c1-16-12(8-11(15)14(17)18)9-4-5-13-10(7-9)3-2-6-19-13/h4-5,7,11-12,16H,2-3,6,8,15H2,1H3,(H,17,18). The number of carboxylic acids is 1. The van der Waals surface area contributed by atoms with E-state index in [0.717, 1.165) is 30.8 Å².